The summed E-state index contributed by atoms with van der Waals surface area (Å²) in [4.78, 5) is 3.58. The first-order valence-electron chi connectivity index (χ1n) is 6.33. The number of benzene rings is 1. The Balaban J connectivity index is 2.32. The number of hydrogen-bond acceptors (Lipinski definition) is 1. The van der Waals surface area contributed by atoms with Gasteiger partial charge in [0.05, 0.1) is 12.2 Å². The lowest BCUT2D eigenvalue weighted by molar-refractivity contribution is -0.00438. The van der Waals surface area contributed by atoms with Crippen molar-refractivity contribution < 1.29 is 4.74 Å². The quantitative estimate of drug-likeness (QED) is 0.730. The zero-order valence-electron chi connectivity index (χ0n) is 10.9. The normalized spacial score (nSPS) is 24.0. The highest BCUT2D eigenvalue weighted by atomic mass is 16.5. The highest BCUT2D eigenvalue weighted by Gasteiger charge is 2.26. The third kappa shape index (κ3) is 1.59. The van der Waals surface area contributed by atoms with Crippen LogP contribution in [-0.2, 0) is 11.2 Å². The van der Waals surface area contributed by atoms with E-state index < -0.39 is 0 Å². The van der Waals surface area contributed by atoms with Crippen molar-refractivity contribution in [2.75, 3.05) is 0 Å². The Morgan fingerprint density at radius 2 is 2.00 bits per heavy atom. The van der Waals surface area contributed by atoms with E-state index in [1.165, 1.54) is 33.3 Å². The molecule has 1 aromatic heterocycles. The molecule has 1 aliphatic heterocycles. The van der Waals surface area contributed by atoms with Gasteiger partial charge in [-0.15, -0.1) is 0 Å². The summed E-state index contributed by atoms with van der Waals surface area (Å²) in [6.07, 6.45) is 1.50. The largest absolute Gasteiger partial charge is 0.370 e. The lowest BCUT2D eigenvalue weighted by Gasteiger charge is -2.26. The topological polar surface area (TPSA) is 25.0 Å². The van der Waals surface area contributed by atoms with Gasteiger partial charge in [-0.05, 0) is 44.9 Å². The zero-order valence-corrected chi connectivity index (χ0v) is 10.9. The number of hydrogen-bond donors (Lipinski definition) is 1. The van der Waals surface area contributed by atoms with Crippen LogP contribution >= 0.6 is 0 Å². The van der Waals surface area contributed by atoms with Crippen molar-refractivity contribution in [3.05, 3.63) is 34.5 Å². The molecule has 17 heavy (non-hydrogen) atoms. The fraction of sp³-hybridized carbons (Fsp3) is 0.467. The fourth-order valence-electron chi connectivity index (χ4n) is 3.17. The van der Waals surface area contributed by atoms with Crippen LogP contribution in [0.15, 0.2) is 12.1 Å². The van der Waals surface area contributed by atoms with Crippen molar-refractivity contribution >= 4 is 10.9 Å². The number of aryl methyl sites for hydroxylation is 2. The first-order valence-corrected chi connectivity index (χ1v) is 6.33. The molecule has 0 saturated heterocycles. The lowest BCUT2D eigenvalue weighted by Crippen LogP contribution is -2.21. The maximum Gasteiger partial charge on any atom is 0.0824 e. The number of rotatable bonds is 0. The molecule has 0 spiro atoms. The minimum absolute atomic E-state index is 0.198. The molecule has 0 amide bonds. The molecule has 0 fully saturated rings. The number of fused-ring (bicyclic) bond motifs is 3. The molecule has 0 bridgehead atoms. The van der Waals surface area contributed by atoms with Crippen LogP contribution in [0.3, 0.4) is 0 Å². The van der Waals surface area contributed by atoms with Crippen molar-refractivity contribution in [1.82, 2.24) is 4.98 Å². The van der Waals surface area contributed by atoms with Crippen LogP contribution in [0.1, 0.15) is 42.3 Å². The van der Waals surface area contributed by atoms with Gasteiger partial charge >= 0.3 is 0 Å². The van der Waals surface area contributed by atoms with Crippen LogP contribution in [-0.4, -0.2) is 11.1 Å². The summed E-state index contributed by atoms with van der Waals surface area (Å²) >= 11 is 0. The Morgan fingerprint density at radius 1 is 1.24 bits per heavy atom. The Kier molecular flexibility index (Phi) is 2.30. The Labute approximate surface area is 102 Å². The molecular weight excluding hydrogens is 210 g/mol. The lowest BCUT2D eigenvalue weighted by atomic mass is 9.96. The van der Waals surface area contributed by atoms with E-state index in [4.69, 9.17) is 4.74 Å². The summed E-state index contributed by atoms with van der Waals surface area (Å²) in [6.45, 7) is 8.63. The Morgan fingerprint density at radius 3 is 2.76 bits per heavy atom. The Bertz CT molecular complexity index is 582. The molecule has 2 unspecified atom stereocenters. The number of aromatic amines is 1. The molecule has 2 aromatic rings. The molecule has 0 aliphatic carbocycles. The van der Waals surface area contributed by atoms with Gasteiger partial charge in [0.1, 0.15) is 0 Å². The minimum Gasteiger partial charge on any atom is -0.370 e. The first-order chi connectivity index (χ1) is 8.06. The molecule has 2 nitrogen and oxygen atoms in total. The molecule has 2 heterocycles. The van der Waals surface area contributed by atoms with E-state index in [1.807, 2.05) is 0 Å². The van der Waals surface area contributed by atoms with E-state index in [0.717, 1.165) is 6.42 Å². The van der Waals surface area contributed by atoms with Gasteiger partial charge in [0.15, 0.2) is 0 Å². The third-order valence-corrected chi connectivity index (χ3v) is 3.69. The van der Waals surface area contributed by atoms with E-state index in [0.29, 0.717) is 6.10 Å². The van der Waals surface area contributed by atoms with Gasteiger partial charge in [0.2, 0.25) is 0 Å². The predicted molar refractivity (Wildman–Crippen MR) is 70.4 cm³/mol. The van der Waals surface area contributed by atoms with Gasteiger partial charge in [-0.3, -0.25) is 0 Å². The Hall–Kier alpha value is -1.28. The molecule has 2 heteroatoms. The maximum atomic E-state index is 5.94. The van der Waals surface area contributed by atoms with Gasteiger partial charge in [-0.25, -0.2) is 0 Å². The van der Waals surface area contributed by atoms with Gasteiger partial charge in [-0.2, -0.15) is 0 Å². The second kappa shape index (κ2) is 3.61. The minimum atomic E-state index is 0.198. The summed E-state index contributed by atoms with van der Waals surface area (Å²) in [5.41, 5.74) is 6.66. The number of ether oxygens (including phenoxy) is 1. The summed E-state index contributed by atoms with van der Waals surface area (Å²) in [5, 5.41) is 1.37. The number of aromatic nitrogens is 1. The molecule has 1 N–H and O–H groups in total. The van der Waals surface area contributed by atoms with E-state index in [2.05, 4.69) is 44.8 Å². The second-order valence-corrected chi connectivity index (χ2v) is 5.31. The average molecular weight is 229 g/mol. The zero-order chi connectivity index (χ0) is 12.2. The summed E-state index contributed by atoms with van der Waals surface area (Å²) < 4.78 is 5.94. The summed E-state index contributed by atoms with van der Waals surface area (Å²) in [5.74, 6) is 0. The van der Waals surface area contributed by atoms with Crippen LogP contribution in [0.25, 0.3) is 10.9 Å². The molecule has 2 atom stereocenters. The third-order valence-electron chi connectivity index (χ3n) is 3.69. The smallest absolute Gasteiger partial charge is 0.0824 e. The second-order valence-electron chi connectivity index (χ2n) is 5.31. The highest BCUT2D eigenvalue weighted by Crippen LogP contribution is 2.37. The molecule has 0 radical (unpaired) electrons. The van der Waals surface area contributed by atoms with Crippen molar-refractivity contribution in [3.8, 4) is 0 Å². The number of nitrogens with one attached hydrogen (secondary N) is 1. The van der Waals surface area contributed by atoms with Crippen LogP contribution in [0.5, 0.6) is 0 Å². The highest BCUT2D eigenvalue weighted by molar-refractivity contribution is 5.89. The van der Waals surface area contributed by atoms with Crippen molar-refractivity contribution in [2.45, 2.75) is 46.3 Å². The standard InChI is InChI=1S/C15H19NO/c1-8-5-9(2)14-12(6-8)16-13-7-10(3)17-11(4)15(13)14/h5-6,10-11,16H,7H2,1-4H3. The average Bonchev–Trinajstić information content (AvgIpc) is 2.55. The monoisotopic (exact) mass is 229 g/mol. The maximum absolute atomic E-state index is 5.94. The fourth-order valence-corrected chi connectivity index (χ4v) is 3.17. The van der Waals surface area contributed by atoms with E-state index >= 15 is 0 Å². The van der Waals surface area contributed by atoms with Crippen molar-refractivity contribution in [3.63, 3.8) is 0 Å². The van der Waals surface area contributed by atoms with E-state index in [9.17, 15) is 0 Å². The molecule has 1 aromatic carbocycles. The SMILES string of the molecule is Cc1cc(C)c2c3c([nH]c2c1)CC(C)OC3C. The summed E-state index contributed by atoms with van der Waals surface area (Å²) in [6, 6.07) is 4.49. The van der Waals surface area contributed by atoms with E-state index in [-0.39, 0.29) is 6.10 Å². The van der Waals surface area contributed by atoms with Crippen LogP contribution < -0.4 is 0 Å². The molecule has 90 valence electrons. The van der Waals surface area contributed by atoms with Crippen LogP contribution in [0.4, 0.5) is 0 Å². The van der Waals surface area contributed by atoms with Crippen molar-refractivity contribution in [2.24, 2.45) is 0 Å². The molecule has 3 rings (SSSR count). The summed E-state index contributed by atoms with van der Waals surface area (Å²) in [7, 11) is 0. The first kappa shape index (κ1) is 10.8. The molecule has 0 saturated carbocycles. The van der Waals surface area contributed by atoms with Gasteiger partial charge < -0.3 is 9.72 Å². The molecular formula is C15H19NO. The van der Waals surface area contributed by atoms with Gasteiger partial charge in [0, 0.05) is 28.6 Å². The predicted octanol–water partition coefficient (Wildman–Crippen LogP) is 3.81. The van der Waals surface area contributed by atoms with Gasteiger partial charge in [-0.1, -0.05) is 6.07 Å². The van der Waals surface area contributed by atoms with Gasteiger partial charge in [0.25, 0.3) is 0 Å². The van der Waals surface area contributed by atoms with E-state index in [1.54, 1.807) is 0 Å². The number of H-pyrrole nitrogens is 1. The van der Waals surface area contributed by atoms with Crippen LogP contribution in [0, 0.1) is 13.8 Å². The molecule has 1 aliphatic rings. The van der Waals surface area contributed by atoms with Crippen molar-refractivity contribution in [1.29, 1.82) is 0 Å². The van der Waals surface area contributed by atoms with Crippen LogP contribution in [0.2, 0.25) is 0 Å².